The first-order valence-electron chi connectivity index (χ1n) is 9.90. The third kappa shape index (κ3) is 4.09. The summed E-state index contributed by atoms with van der Waals surface area (Å²) in [7, 11) is 0. The summed E-state index contributed by atoms with van der Waals surface area (Å²) in [4.78, 5) is 18.3. The molecule has 0 bridgehead atoms. The van der Waals surface area contributed by atoms with Gasteiger partial charge in [0.2, 0.25) is 0 Å². The summed E-state index contributed by atoms with van der Waals surface area (Å²) in [6.07, 6.45) is 6.10. The second kappa shape index (κ2) is 8.18. The second-order valence-corrected chi connectivity index (χ2v) is 9.45. The van der Waals surface area contributed by atoms with E-state index in [9.17, 15) is 9.90 Å². The highest BCUT2D eigenvalue weighted by Crippen LogP contribution is 2.46. The molecular formula is C23H25N3O3S. The minimum Gasteiger partial charge on any atom is -0.478 e. The van der Waals surface area contributed by atoms with Crippen molar-refractivity contribution in [1.29, 1.82) is 0 Å². The normalized spacial score (nSPS) is 14.9. The van der Waals surface area contributed by atoms with E-state index < -0.39 is 5.97 Å². The van der Waals surface area contributed by atoms with Gasteiger partial charge < -0.3 is 9.84 Å². The van der Waals surface area contributed by atoms with Crippen molar-refractivity contribution in [3.05, 3.63) is 64.3 Å². The van der Waals surface area contributed by atoms with Crippen LogP contribution in [-0.2, 0) is 19.4 Å². The van der Waals surface area contributed by atoms with Crippen LogP contribution in [0.3, 0.4) is 0 Å². The molecular weight excluding hydrogens is 398 g/mol. The molecule has 3 aromatic rings. The average Bonchev–Trinajstić information content (AvgIpc) is 3.06. The molecule has 2 aromatic heterocycles. The van der Waals surface area contributed by atoms with Gasteiger partial charge in [-0.25, -0.2) is 4.79 Å². The number of aryl methyl sites for hydroxylation is 1. The Morgan fingerprint density at radius 2 is 2.17 bits per heavy atom. The molecule has 2 heterocycles. The molecule has 4 N–H and O–H groups in total. The Labute approximate surface area is 179 Å². The third-order valence-corrected chi connectivity index (χ3v) is 6.80. The van der Waals surface area contributed by atoms with E-state index in [-0.39, 0.29) is 5.41 Å². The number of carboxylic acid groups (broad SMARTS) is 1. The summed E-state index contributed by atoms with van der Waals surface area (Å²) < 4.78 is 5.90. The topological polar surface area (TPSA) is 97.5 Å². The molecule has 156 valence electrons. The van der Waals surface area contributed by atoms with Gasteiger partial charge in [0.25, 0.3) is 0 Å². The maximum Gasteiger partial charge on any atom is 0.337 e. The Balaban J connectivity index is 1.78. The van der Waals surface area contributed by atoms with Crippen LogP contribution in [0.25, 0.3) is 10.4 Å². The summed E-state index contributed by atoms with van der Waals surface area (Å²) in [5.74, 6) is 6.04. The minimum absolute atomic E-state index is 0.110. The summed E-state index contributed by atoms with van der Waals surface area (Å²) in [5, 5.41) is 10.0. The van der Waals surface area contributed by atoms with Gasteiger partial charge in [0.05, 0.1) is 11.8 Å². The van der Waals surface area contributed by atoms with Gasteiger partial charge >= 0.3 is 5.97 Å². The smallest absolute Gasteiger partial charge is 0.337 e. The zero-order valence-corrected chi connectivity index (χ0v) is 17.9. The maximum absolute atomic E-state index is 12.3. The first-order valence-corrected chi connectivity index (χ1v) is 10.7. The van der Waals surface area contributed by atoms with E-state index >= 15 is 0 Å². The summed E-state index contributed by atoms with van der Waals surface area (Å²) in [6, 6.07) is 9.32. The van der Waals surface area contributed by atoms with Gasteiger partial charge in [0.1, 0.15) is 11.5 Å². The molecule has 4 rings (SSSR count). The van der Waals surface area contributed by atoms with Crippen molar-refractivity contribution in [2.75, 3.05) is 0 Å². The lowest BCUT2D eigenvalue weighted by molar-refractivity contribution is 0.0696. The lowest BCUT2D eigenvalue weighted by Gasteiger charge is -2.29. The number of pyridine rings is 1. The van der Waals surface area contributed by atoms with Crippen LogP contribution in [0, 0.1) is 5.41 Å². The van der Waals surface area contributed by atoms with Crippen LogP contribution in [-0.4, -0.2) is 16.1 Å². The van der Waals surface area contributed by atoms with Gasteiger partial charge in [-0.15, -0.1) is 11.3 Å². The van der Waals surface area contributed by atoms with E-state index in [4.69, 9.17) is 10.6 Å². The van der Waals surface area contributed by atoms with Crippen molar-refractivity contribution in [2.45, 2.75) is 39.7 Å². The number of nitrogens with two attached hydrogens (primary N) is 1. The highest BCUT2D eigenvalue weighted by Gasteiger charge is 2.33. The van der Waals surface area contributed by atoms with E-state index in [2.05, 4.69) is 24.3 Å². The largest absolute Gasteiger partial charge is 0.478 e. The number of carbonyl (C=O) groups is 1. The molecule has 1 aromatic carbocycles. The molecule has 7 heteroatoms. The molecule has 0 unspecified atom stereocenters. The average molecular weight is 424 g/mol. The fourth-order valence-corrected chi connectivity index (χ4v) is 5.36. The first kappa shape index (κ1) is 20.5. The molecule has 0 fully saturated rings. The molecule has 0 atom stereocenters. The highest BCUT2D eigenvalue weighted by atomic mass is 32.1. The van der Waals surface area contributed by atoms with E-state index in [1.54, 1.807) is 23.7 Å². The summed E-state index contributed by atoms with van der Waals surface area (Å²) in [6.45, 7) is 4.80. The molecule has 6 nitrogen and oxygen atoms in total. The van der Waals surface area contributed by atoms with Crippen molar-refractivity contribution in [2.24, 2.45) is 11.3 Å². The van der Waals surface area contributed by atoms with Crippen molar-refractivity contribution < 1.29 is 14.6 Å². The van der Waals surface area contributed by atoms with Gasteiger partial charge in [-0.2, -0.15) is 0 Å². The maximum atomic E-state index is 12.3. The number of benzene rings is 1. The zero-order chi connectivity index (χ0) is 21.3. The molecule has 0 saturated heterocycles. The van der Waals surface area contributed by atoms with Crippen LogP contribution in [0.2, 0.25) is 0 Å². The number of nitrogens with one attached hydrogen (secondary N) is 1. The number of hydrogen-bond acceptors (Lipinski definition) is 6. The Bertz CT molecular complexity index is 1080. The molecule has 0 amide bonds. The minimum atomic E-state index is -0.873. The third-order valence-electron chi connectivity index (χ3n) is 5.47. The lowest BCUT2D eigenvalue weighted by Crippen LogP contribution is -2.22. The number of fused-ring (bicyclic) bond motifs is 1. The van der Waals surface area contributed by atoms with Gasteiger partial charge in [0.15, 0.2) is 0 Å². The fraction of sp³-hybridized carbons (Fsp3) is 0.304. The van der Waals surface area contributed by atoms with Crippen molar-refractivity contribution in [3.63, 3.8) is 0 Å². The summed E-state index contributed by atoms with van der Waals surface area (Å²) in [5.41, 5.74) is 5.99. The second-order valence-electron chi connectivity index (χ2n) is 8.34. The predicted molar refractivity (Wildman–Crippen MR) is 118 cm³/mol. The van der Waals surface area contributed by atoms with E-state index in [1.807, 2.05) is 30.3 Å². The number of hydrogen-bond donors (Lipinski definition) is 3. The van der Waals surface area contributed by atoms with Gasteiger partial charge in [0, 0.05) is 22.5 Å². The van der Waals surface area contributed by atoms with E-state index in [0.29, 0.717) is 23.6 Å². The number of nitrogens with zero attached hydrogens (tertiary/aromatic N) is 1. The van der Waals surface area contributed by atoms with Gasteiger partial charge in [-0.1, -0.05) is 13.8 Å². The van der Waals surface area contributed by atoms with E-state index in [0.717, 1.165) is 40.8 Å². The van der Waals surface area contributed by atoms with Crippen LogP contribution in [0.4, 0.5) is 0 Å². The molecule has 1 aliphatic rings. The molecule has 30 heavy (non-hydrogen) atoms. The Morgan fingerprint density at radius 1 is 1.33 bits per heavy atom. The molecule has 1 aliphatic carbocycles. The molecule has 0 saturated carbocycles. The molecule has 0 aliphatic heterocycles. The lowest BCUT2D eigenvalue weighted by atomic mass is 9.76. The first-order chi connectivity index (χ1) is 14.4. The molecule has 0 radical (unpaired) electrons. The van der Waals surface area contributed by atoms with Crippen molar-refractivity contribution in [1.82, 2.24) is 10.4 Å². The SMILES string of the molecule is CC1(C)CCc2sc(-c3ccc(Oc4cccnc4)cc3CNN)c(C(=O)O)c2C1. The number of aromatic carboxylic acids is 1. The standard InChI is InChI=1S/C23H25N3O3S/c1-23(2)8-7-19-18(11-23)20(22(27)28)21(30-19)17-6-5-15(10-14(17)12-26-24)29-16-4-3-9-25-13-16/h3-6,9-10,13,26H,7-8,11-12,24H2,1-2H3,(H,27,28). The zero-order valence-electron chi connectivity index (χ0n) is 17.1. The predicted octanol–water partition coefficient (Wildman–Crippen LogP) is 4.78. The molecule has 0 spiro atoms. The summed E-state index contributed by atoms with van der Waals surface area (Å²) >= 11 is 1.59. The number of carboxylic acids is 1. The highest BCUT2D eigenvalue weighted by molar-refractivity contribution is 7.16. The number of hydrazine groups is 1. The Hall–Kier alpha value is -2.74. The van der Waals surface area contributed by atoms with Crippen LogP contribution in [0.1, 0.15) is 46.6 Å². The monoisotopic (exact) mass is 423 g/mol. The van der Waals surface area contributed by atoms with Crippen molar-refractivity contribution >= 4 is 17.3 Å². The Morgan fingerprint density at radius 3 is 2.87 bits per heavy atom. The van der Waals surface area contributed by atoms with Crippen molar-refractivity contribution in [3.8, 4) is 21.9 Å². The van der Waals surface area contributed by atoms with Crippen LogP contribution >= 0.6 is 11.3 Å². The van der Waals surface area contributed by atoms with Crippen LogP contribution in [0.15, 0.2) is 42.7 Å². The number of rotatable bonds is 6. The van der Waals surface area contributed by atoms with Gasteiger partial charge in [-0.05, 0) is 71.7 Å². The van der Waals surface area contributed by atoms with Crippen LogP contribution < -0.4 is 16.0 Å². The number of aromatic nitrogens is 1. The number of ether oxygens (including phenoxy) is 1. The Kier molecular flexibility index (Phi) is 5.60. The van der Waals surface area contributed by atoms with Crippen LogP contribution in [0.5, 0.6) is 11.5 Å². The number of thiophene rings is 1. The van der Waals surface area contributed by atoms with E-state index in [1.165, 1.54) is 4.88 Å². The quantitative estimate of drug-likeness (QED) is 0.390. The fourth-order valence-electron chi connectivity index (χ4n) is 3.99. The van der Waals surface area contributed by atoms with Gasteiger partial charge in [-0.3, -0.25) is 16.3 Å².